The molecule has 1 aromatic carbocycles. The summed E-state index contributed by atoms with van der Waals surface area (Å²) in [6.07, 6.45) is -4.60. The number of tetrazole rings is 1. The third-order valence-corrected chi connectivity index (χ3v) is 4.66. The van der Waals surface area contributed by atoms with Crippen LogP contribution in [-0.2, 0) is 7.05 Å². The molecule has 0 atom stereocenters. The van der Waals surface area contributed by atoms with Crippen molar-refractivity contribution >= 4 is 55.4 Å². The van der Waals surface area contributed by atoms with Gasteiger partial charge >= 0.3 is 12.2 Å². The van der Waals surface area contributed by atoms with E-state index in [0.717, 1.165) is 17.8 Å². The molecule has 2 N–H and O–H groups in total. The smallest absolute Gasteiger partial charge is 0.318 e. The molecule has 2 aromatic rings. The number of rotatable bonds is 4. The molecule has 0 spiro atoms. The van der Waals surface area contributed by atoms with E-state index in [4.69, 9.17) is 0 Å². The Morgan fingerprint density at radius 3 is 2.46 bits per heavy atom. The fraction of sp³-hybridized carbons (Fsp3) is 0.308. The van der Waals surface area contributed by atoms with Crippen LogP contribution in [0.1, 0.15) is 10.4 Å². The monoisotopic (exact) mass is 531 g/mol. The minimum Gasteiger partial charge on any atom is -0.318 e. The highest BCUT2D eigenvalue weighted by Crippen LogP contribution is 2.36. The normalized spacial score (nSPS) is 11.3. The Kier molecular flexibility index (Phi) is 6.59. The van der Waals surface area contributed by atoms with Crippen LogP contribution in [0.2, 0.25) is 0 Å². The molecule has 0 bridgehead atoms. The van der Waals surface area contributed by atoms with Crippen molar-refractivity contribution in [2.75, 3.05) is 24.2 Å². The van der Waals surface area contributed by atoms with Gasteiger partial charge < -0.3 is 10.2 Å². The zero-order valence-corrected chi connectivity index (χ0v) is 17.3. The molecule has 0 aliphatic heterocycles. The lowest BCUT2D eigenvalue weighted by Gasteiger charge is -2.21. The van der Waals surface area contributed by atoms with Crippen LogP contribution in [-0.4, -0.2) is 56.8 Å². The van der Waals surface area contributed by atoms with Crippen molar-refractivity contribution in [2.45, 2.75) is 6.18 Å². The highest BCUT2D eigenvalue weighted by Gasteiger charge is 2.32. The molecule has 9 nitrogen and oxygen atoms in total. The largest absolute Gasteiger partial charge is 0.406 e. The van der Waals surface area contributed by atoms with Gasteiger partial charge in [-0.3, -0.25) is 10.1 Å². The number of aryl methyl sites for hydroxylation is 1. The molecular formula is C13H11Br2F4N7O2. The Balaban J connectivity index is 2.31. The number of hydrogen-bond donors (Lipinski definition) is 2. The molecule has 0 unspecified atom stereocenters. The van der Waals surface area contributed by atoms with Gasteiger partial charge in [0.25, 0.3) is 5.91 Å². The van der Waals surface area contributed by atoms with E-state index >= 15 is 0 Å². The maximum absolute atomic E-state index is 14.3. The molecule has 15 heteroatoms. The van der Waals surface area contributed by atoms with Crippen molar-refractivity contribution in [1.82, 2.24) is 25.1 Å². The van der Waals surface area contributed by atoms with E-state index in [2.05, 4.69) is 58.0 Å². The summed E-state index contributed by atoms with van der Waals surface area (Å²) in [4.78, 5) is 24.8. The number of aromatic nitrogens is 4. The number of amides is 3. The number of hydrogen-bond acceptors (Lipinski definition) is 5. The molecule has 0 radical (unpaired) electrons. The van der Waals surface area contributed by atoms with Crippen molar-refractivity contribution in [3.8, 4) is 0 Å². The zero-order valence-electron chi connectivity index (χ0n) is 14.1. The Labute approximate surface area is 171 Å². The number of carbonyl (C=O) groups is 2. The van der Waals surface area contributed by atoms with Gasteiger partial charge in [0, 0.05) is 18.6 Å². The second-order valence-electron chi connectivity index (χ2n) is 5.39. The Hall–Kier alpha value is -2.29. The molecule has 0 saturated carbocycles. The maximum Gasteiger partial charge on any atom is 0.406 e. The van der Waals surface area contributed by atoms with E-state index in [1.807, 2.05) is 0 Å². The number of urea groups is 1. The standard InChI is InChI=1S/C13H11Br2F4N7O2/c1-25(4-13(17,18)19)12(28)20-9-5(14)3-6(16)7(8(9)15)10(27)21-11-22-23-24-26(11)2/h3H,4H2,1-2H3,(H,20,28)(H,21,22,24,27). The number of alkyl halides is 3. The summed E-state index contributed by atoms with van der Waals surface area (Å²) < 4.78 is 52.6. The molecule has 0 saturated heterocycles. The molecular weight excluding hydrogens is 522 g/mol. The minimum absolute atomic E-state index is 0.00232. The molecule has 2 rings (SSSR count). The average Bonchev–Trinajstić information content (AvgIpc) is 2.94. The summed E-state index contributed by atoms with van der Waals surface area (Å²) >= 11 is 6.00. The van der Waals surface area contributed by atoms with E-state index < -0.39 is 36.0 Å². The van der Waals surface area contributed by atoms with Crippen molar-refractivity contribution in [2.24, 2.45) is 7.05 Å². The highest BCUT2D eigenvalue weighted by atomic mass is 79.9. The second kappa shape index (κ2) is 8.38. The van der Waals surface area contributed by atoms with Crippen LogP contribution >= 0.6 is 31.9 Å². The van der Waals surface area contributed by atoms with E-state index in [1.54, 1.807) is 0 Å². The fourth-order valence-corrected chi connectivity index (χ4v) is 3.40. The molecule has 0 fully saturated rings. The van der Waals surface area contributed by atoms with Gasteiger partial charge in [-0.15, -0.1) is 0 Å². The first kappa shape index (κ1) is 22.0. The van der Waals surface area contributed by atoms with Gasteiger partial charge in [0.05, 0.1) is 15.7 Å². The van der Waals surface area contributed by atoms with Gasteiger partial charge in [-0.1, -0.05) is 5.10 Å². The van der Waals surface area contributed by atoms with Gasteiger partial charge in [0.15, 0.2) is 0 Å². The van der Waals surface area contributed by atoms with Crippen molar-refractivity contribution < 1.29 is 27.2 Å². The lowest BCUT2D eigenvalue weighted by molar-refractivity contribution is -0.137. The molecule has 1 heterocycles. The predicted molar refractivity (Wildman–Crippen MR) is 96.3 cm³/mol. The predicted octanol–water partition coefficient (Wildman–Crippen LogP) is 3.15. The number of nitrogens with zero attached hydrogens (tertiary/aromatic N) is 5. The zero-order chi connectivity index (χ0) is 21.2. The highest BCUT2D eigenvalue weighted by molar-refractivity contribution is 9.11. The molecule has 0 aliphatic rings. The van der Waals surface area contributed by atoms with Crippen LogP contribution in [0.4, 0.5) is 34.0 Å². The van der Waals surface area contributed by atoms with Crippen LogP contribution in [0.15, 0.2) is 15.0 Å². The topological polar surface area (TPSA) is 105 Å². The van der Waals surface area contributed by atoms with Crippen LogP contribution in [0, 0.1) is 5.82 Å². The lowest BCUT2D eigenvalue weighted by Crippen LogP contribution is -2.38. The Morgan fingerprint density at radius 2 is 1.93 bits per heavy atom. The van der Waals surface area contributed by atoms with Gasteiger partial charge in [-0.05, 0) is 48.4 Å². The van der Waals surface area contributed by atoms with Crippen molar-refractivity contribution in [3.05, 3.63) is 26.4 Å². The van der Waals surface area contributed by atoms with Crippen molar-refractivity contribution in [3.63, 3.8) is 0 Å². The first-order valence-corrected chi connectivity index (χ1v) is 8.79. The van der Waals surface area contributed by atoms with Gasteiger partial charge in [-0.25, -0.2) is 13.9 Å². The SMILES string of the molecule is CN(CC(F)(F)F)C(=O)Nc1c(Br)cc(F)c(C(=O)Nc2nnnn2C)c1Br. The molecule has 152 valence electrons. The van der Waals surface area contributed by atoms with Crippen molar-refractivity contribution in [1.29, 1.82) is 0 Å². The minimum atomic E-state index is -4.60. The van der Waals surface area contributed by atoms with E-state index in [1.165, 1.54) is 7.05 Å². The van der Waals surface area contributed by atoms with Crippen LogP contribution in [0.25, 0.3) is 0 Å². The first-order chi connectivity index (χ1) is 12.9. The Bertz CT molecular complexity index is 919. The maximum atomic E-state index is 14.3. The molecule has 3 amide bonds. The van der Waals surface area contributed by atoms with E-state index in [0.29, 0.717) is 4.90 Å². The van der Waals surface area contributed by atoms with E-state index in [-0.39, 0.29) is 20.6 Å². The summed E-state index contributed by atoms with van der Waals surface area (Å²) in [7, 11) is 2.37. The summed E-state index contributed by atoms with van der Waals surface area (Å²) in [6, 6.07) is -0.234. The summed E-state index contributed by atoms with van der Waals surface area (Å²) in [5.41, 5.74) is -0.651. The summed E-state index contributed by atoms with van der Waals surface area (Å²) in [5.74, 6) is -1.99. The number of halogens is 6. The van der Waals surface area contributed by atoms with Crippen LogP contribution in [0.5, 0.6) is 0 Å². The van der Waals surface area contributed by atoms with Crippen LogP contribution < -0.4 is 10.6 Å². The van der Waals surface area contributed by atoms with Crippen LogP contribution in [0.3, 0.4) is 0 Å². The molecule has 1 aromatic heterocycles. The van der Waals surface area contributed by atoms with Gasteiger partial charge in [-0.2, -0.15) is 13.2 Å². The molecule has 28 heavy (non-hydrogen) atoms. The van der Waals surface area contributed by atoms with E-state index in [9.17, 15) is 27.2 Å². The fourth-order valence-electron chi connectivity index (χ4n) is 1.96. The number of nitrogens with one attached hydrogen (secondary N) is 2. The lowest BCUT2D eigenvalue weighted by atomic mass is 10.1. The van der Waals surface area contributed by atoms with Gasteiger partial charge in [0.2, 0.25) is 5.95 Å². The number of anilines is 2. The van der Waals surface area contributed by atoms with Gasteiger partial charge in [0.1, 0.15) is 12.4 Å². The number of benzene rings is 1. The summed E-state index contributed by atoms with van der Waals surface area (Å²) in [5, 5.41) is 14.8. The average molecular weight is 533 g/mol. The Morgan fingerprint density at radius 1 is 1.29 bits per heavy atom. The molecule has 0 aliphatic carbocycles. The second-order valence-corrected chi connectivity index (χ2v) is 7.03. The third kappa shape index (κ3) is 5.15. The first-order valence-electron chi connectivity index (χ1n) is 7.20. The quantitative estimate of drug-likeness (QED) is 0.589. The number of carbonyl (C=O) groups excluding carboxylic acids is 2. The third-order valence-electron chi connectivity index (χ3n) is 3.24. The summed E-state index contributed by atoms with van der Waals surface area (Å²) in [6.45, 7) is -1.50.